The van der Waals surface area contributed by atoms with Gasteiger partial charge in [0.1, 0.15) is 11.5 Å². The summed E-state index contributed by atoms with van der Waals surface area (Å²) in [6.45, 7) is 4.67. The normalized spacial score (nSPS) is 12.1. The molecule has 0 bridgehead atoms. The molecule has 0 amide bonds. The van der Waals surface area contributed by atoms with Gasteiger partial charge in [-0.1, -0.05) is 11.6 Å². The number of carbonyl (C=O) groups excluding carboxylic acids is 1. The predicted octanol–water partition coefficient (Wildman–Crippen LogP) is 1.17. The Morgan fingerprint density at radius 3 is 2.34 bits per heavy atom. The van der Waals surface area contributed by atoms with Crippen molar-refractivity contribution in [1.82, 2.24) is 13.9 Å². The second-order valence-electron chi connectivity index (χ2n) is 7.45. The van der Waals surface area contributed by atoms with Crippen LogP contribution < -0.4 is 16.0 Å². The summed E-state index contributed by atoms with van der Waals surface area (Å²) in [5, 5.41) is -0.0488. The highest BCUT2D eigenvalue weighted by atomic mass is 35.5. The molecule has 0 fully saturated rings. The number of hydrogen-bond donors (Lipinski definition) is 1. The van der Waals surface area contributed by atoms with Gasteiger partial charge < -0.3 is 4.74 Å². The molecule has 11 heteroatoms. The Labute approximate surface area is 172 Å². The molecule has 0 unspecified atom stereocenters. The number of carbonyl (C=O) groups is 1. The smallest absolute Gasteiger partial charge is 0.338 e. The fourth-order valence-electron chi connectivity index (χ4n) is 2.43. The van der Waals surface area contributed by atoms with Crippen molar-refractivity contribution in [1.29, 1.82) is 0 Å². The Bertz CT molecular complexity index is 1180. The number of nitrogens with one attached hydrogen (secondary N) is 1. The number of esters is 1. The number of sulfonamides is 1. The Balaban J connectivity index is 2.30. The zero-order valence-electron chi connectivity index (χ0n) is 16.6. The SMILES string of the molecule is Cn1c(COC(=O)c2ccc(Cl)c(S(=O)(=O)NC(C)(C)C)c2)cc(=O)n(C)c1=O. The first-order valence-electron chi connectivity index (χ1n) is 8.49. The fourth-order valence-corrected chi connectivity index (χ4v) is 4.38. The molecular formula is C18H22ClN3O6S. The monoisotopic (exact) mass is 443 g/mol. The molecule has 2 aromatic rings. The lowest BCUT2D eigenvalue weighted by Gasteiger charge is -2.21. The second kappa shape index (κ2) is 8.13. The number of aromatic nitrogens is 2. The summed E-state index contributed by atoms with van der Waals surface area (Å²) >= 11 is 6.01. The van der Waals surface area contributed by atoms with Crippen molar-refractivity contribution < 1.29 is 17.9 Å². The standard InChI is InChI=1S/C18H22ClN3O6S/c1-18(2,3)20-29(26,27)14-8-11(6-7-13(14)19)16(24)28-10-12-9-15(23)22(5)17(25)21(12)4/h6-9,20H,10H2,1-5H3. The number of rotatable bonds is 5. The quantitative estimate of drug-likeness (QED) is 0.693. The number of nitrogens with zero attached hydrogens (tertiary/aromatic N) is 2. The topological polar surface area (TPSA) is 116 Å². The van der Waals surface area contributed by atoms with E-state index in [1.807, 2.05) is 0 Å². The number of hydrogen-bond acceptors (Lipinski definition) is 6. The molecule has 158 valence electrons. The van der Waals surface area contributed by atoms with Gasteiger partial charge in [0, 0.05) is 25.7 Å². The molecule has 0 radical (unpaired) electrons. The van der Waals surface area contributed by atoms with Gasteiger partial charge >= 0.3 is 11.7 Å². The largest absolute Gasteiger partial charge is 0.456 e. The molecule has 29 heavy (non-hydrogen) atoms. The highest BCUT2D eigenvalue weighted by molar-refractivity contribution is 7.89. The van der Waals surface area contributed by atoms with Crippen molar-refractivity contribution in [2.24, 2.45) is 14.1 Å². The van der Waals surface area contributed by atoms with Crippen LogP contribution in [0.25, 0.3) is 0 Å². The molecule has 1 aromatic carbocycles. The molecule has 2 rings (SSSR count). The summed E-state index contributed by atoms with van der Waals surface area (Å²) in [5.74, 6) is -0.831. The van der Waals surface area contributed by atoms with E-state index < -0.39 is 32.8 Å². The van der Waals surface area contributed by atoms with Crippen LogP contribution in [-0.4, -0.2) is 29.1 Å². The average molecular weight is 444 g/mol. The summed E-state index contributed by atoms with van der Waals surface area (Å²) < 4.78 is 34.8. The van der Waals surface area contributed by atoms with Gasteiger partial charge in [-0.2, -0.15) is 0 Å². The molecule has 0 saturated heterocycles. The molecule has 0 aliphatic rings. The summed E-state index contributed by atoms with van der Waals surface area (Å²) in [6, 6.07) is 4.90. The van der Waals surface area contributed by atoms with Gasteiger partial charge in [0.15, 0.2) is 0 Å². The molecular weight excluding hydrogens is 422 g/mol. The van der Waals surface area contributed by atoms with Gasteiger partial charge in [0.05, 0.1) is 16.3 Å². The van der Waals surface area contributed by atoms with Crippen molar-refractivity contribution in [2.75, 3.05) is 0 Å². The second-order valence-corrected chi connectivity index (χ2v) is 9.51. The predicted molar refractivity (Wildman–Crippen MR) is 108 cm³/mol. The van der Waals surface area contributed by atoms with Crippen molar-refractivity contribution in [3.05, 3.63) is 61.4 Å². The summed E-state index contributed by atoms with van der Waals surface area (Å²) in [6.07, 6.45) is 0. The lowest BCUT2D eigenvalue weighted by Crippen LogP contribution is -2.40. The molecule has 1 heterocycles. The lowest BCUT2D eigenvalue weighted by atomic mass is 10.1. The first kappa shape index (κ1) is 22.9. The van der Waals surface area contributed by atoms with Crippen LogP contribution in [0.15, 0.2) is 38.8 Å². The third-order valence-corrected chi connectivity index (χ3v) is 6.11. The molecule has 1 aromatic heterocycles. The van der Waals surface area contributed by atoms with Gasteiger partial charge in [-0.3, -0.25) is 13.9 Å². The Morgan fingerprint density at radius 2 is 1.76 bits per heavy atom. The highest BCUT2D eigenvalue weighted by Crippen LogP contribution is 2.24. The molecule has 0 spiro atoms. The Morgan fingerprint density at radius 1 is 1.14 bits per heavy atom. The van der Waals surface area contributed by atoms with E-state index in [2.05, 4.69) is 4.72 Å². The number of ether oxygens (including phenoxy) is 1. The van der Waals surface area contributed by atoms with Crippen LogP contribution in [0.4, 0.5) is 0 Å². The first-order valence-corrected chi connectivity index (χ1v) is 10.4. The fraction of sp³-hybridized carbons (Fsp3) is 0.389. The van der Waals surface area contributed by atoms with Gasteiger partial charge in [-0.15, -0.1) is 0 Å². The van der Waals surface area contributed by atoms with Crippen molar-refractivity contribution in [3.8, 4) is 0 Å². The molecule has 0 atom stereocenters. The van der Waals surface area contributed by atoms with E-state index in [4.69, 9.17) is 16.3 Å². The Hall–Kier alpha value is -2.43. The van der Waals surface area contributed by atoms with E-state index in [-0.39, 0.29) is 27.8 Å². The maximum absolute atomic E-state index is 12.6. The van der Waals surface area contributed by atoms with E-state index in [1.165, 1.54) is 36.9 Å². The van der Waals surface area contributed by atoms with Crippen molar-refractivity contribution >= 4 is 27.6 Å². The van der Waals surface area contributed by atoms with Crippen LogP contribution in [0.2, 0.25) is 5.02 Å². The van der Waals surface area contributed by atoms with E-state index in [1.54, 1.807) is 20.8 Å². The summed E-state index contributed by atoms with van der Waals surface area (Å²) in [7, 11) is -1.20. The van der Waals surface area contributed by atoms with E-state index >= 15 is 0 Å². The first-order chi connectivity index (χ1) is 13.2. The van der Waals surface area contributed by atoms with Crippen LogP contribution in [0.5, 0.6) is 0 Å². The zero-order valence-corrected chi connectivity index (χ0v) is 18.2. The zero-order chi connectivity index (χ0) is 22.1. The van der Waals surface area contributed by atoms with Crippen LogP contribution >= 0.6 is 11.6 Å². The lowest BCUT2D eigenvalue weighted by molar-refractivity contribution is 0.0462. The molecule has 0 saturated carbocycles. The van der Waals surface area contributed by atoms with Crippen molar-refractivity contribution in [3.63, 3.8) is 0 Å². The van der Waals surface area contributed by atoms with E-state index in [9.17, 15) is 22.8 Å². The van der Waals surface area contributed by atoms with E-state index in [0.29, 0.717) is 0 Å². The maximum atomic E-state index is 12.6. The van der Waals surface area contributed by atoms with E-state index in [0.717, 1.165) is 10.6 Å². The minimum atomic E-state index is -3.97. The Kier molecular flexibility index (Phi) is 6.41. The molecule has 0 aliphatic heterocycles. The van der Waals surface area contributed by atoms with Gasteiger partial charge in [0.25, 0.3) is 5.56 Å². The van der Waals surface area contributed by atoms with Gasteiger partial charge in [0.2, 0.25) is 10.0 Å². The molecule has 1 N–H and O–H groups in total. The van der Waals surface area contributed by atoms with Gasteiger partial charge in [-0.25, -0.2) is 22.7 Å². The molecule has 0 aliphatic carbocycles. The molecule has 9 nitrogen and oxygen atoms in total. The number of benzene rings is 1. The van der Waals surface area contributed by atoms with Crippen LogP contribution in [0.3, 0.4) is 0 Å². The van der Waals surface area contributed by atoms with Crippen LogP contribution in [0, 0.1) is 0 Å². The van der Waals surface area contributed by atoms with Gasteiger partial charge in [-0.05, 0) is 39.0 Å². The minimum Gasteiger partial charge on any atom is -0.456 e. The van der Waals surface area contributed by atoms with Crippen LogP contribution in [0.1, 0.15) is 36.8 Å². The minimum absolute atomic E-state index is 0.0440. The summed E-state index contributed by atoms with van der Waals surface area (Å²) in [4.78, 5) is 35.8. The van der Waals surface area contributed by atoms with Crippen molar-refractivity contribution in [2.45, 2.75) is 37.8 Å². The summed E-state index contributed by atoms with van der Waals surface area (Å²) in [5.41, 5.74) is -1.69. The maximum Gasteiger partial charge on any atom is 0.338 e. The van der Waals surface area contributed by atoms with Crippen LogP contribution in [-0.2, 0) is 35.5 Å². The number of halogens is 1. The third-order valence-electron chi connectivity index (χ3n) is 3.87. The average Bonchev–Trinajstić information content (AvgIpc) is 2.59. The highest BCUT2D eigenvalue weighted by Gasteiger charge is 2.25. The third kappa shape index (κ3) is 5.34.